The molecule has 14 heavy (non-hydrogen) atoms. The number of aliphatic hydroxyl groups excluding tert-OH is 1. The Morgan fingerprint density at radius 3 is 2.64 bits per heavy atom. The maximum Gasteiger partial charge on any atom is 0.123 e. The van der Waals surface area contributed by atoms with E-state index in [1.165, 1.54) is 0 Å². The van der Waals surface area contributed by atoms with Gasteiger partial charge in [0.2, 0.25) is 0 Å². The number of hydrogen-bond acceptors (Lipinski definition) is 3. The van der Waals surface area contributed by atoms with Crippen molar-refractivity contribution in [2.24, 2.45) is 5.73 Å². The molecule has 0 aromatic heterocycles. The molecular formula is C10H14INO2. The van der Waals surface area contributed by atoms with Gasteiger partial charge in [0.25, 0.3) is 0 Å². The average Bonchev–Trinajstić information content (AvgIpc) is 2.16. The van der Waals surface area contributed by atoms with Crippen LogP contribution in [0.5, 0.6) is 5.75 Å². The fourth-order valence-corrected chi connectivity index (χ4v) is 1.74. The van der Waals surface area contributed by atoms with Gasteiger partial charge in [-0.1, -0.05) is 0 Å². The Bertz CT molecular complexity index is 315. The van der Waals surface area contributed by atoms with Crippen LogP contribution in [0.15, 0.2) is 18.2 Å². The number of methoxy groups -OCH3 is 1. The van der Waals surface area contributed by atoms with Crippen molar-refractivity contribution in [3.8, 4) is 5.75 Å². The van der Waals surface area contributed by atoms with Crippen molar-refractivity contribution in [3.05, 3.63) is 27.3 Å². The van der Waals surface area contributed by atoms with Crippen LogP contribution in [0.2, 0.25) is 0 Å². The molecule has 0 bridgehead atoms. The van der Waals surface area contributed by atoms with E-state index in [9.17, 15) is 5.11 Å². The van der Waals surface area contributed by atoms with Crippen LogP contribution in [0.4, 0.5) is 0 Å². The summed E-state index contributed by atoms with van der Waals surface area (Å²) < 4.78 is 6.26. The second-order valence-electron chi connectivity index (χ2n) is 3.15. The van der Waals surface area contributed by atoms with E-state index in [1.54, 1.807) is 14.0 Å². The minimum atomic E-state index is -0.581. The van der Waals surface area contributed by atoms with E-state index in [2.05, 4.69) is 22.6 Å². The number of halogens is 1. The summed E-state index contributed by atoms with van der Waals surface area (Å²) in [6, 6.07) is 5.33. The quantitative estimate of drug-likeness (QED) is 0.836. The Balaban J connectivity index is 3.10. The second-order valence-corrected chi connectivity index (χ2v) is 4.40. The average molecular weight is 307 g/mol. The van der Waals surface area contributed by atoms with Gasteiger partial charge in [0.05, 0.1) is 19.3 Å². The highest BCUT2D eigenvalue weighted by Crippen LogP contribution is 2.27. The number of rotatable bonds is 3. The van der Waals surface area contributed by atoms with Gasteiger partial charge in [-0.3, -0.25) is 0 Å². The van der Waals surface area contributed by atoms with Gasteiger partial charge >= 0.3 is 0 Å². The summed E-state index contributed by atoms with van der Waals surface area (Å²) in [6.45, 7) is 1.67. The van der Waals surface area contributed by atoms with Crippen molar-refractivity contribution < 1.29 is 9.84 Å². The van der Waals surface area contributed by atoms with Crippen LogP contribution in [-0.2, 0) is 0 Å². The highest BCUT2D eigenvalue weighted by molar-refractivity contribution is 14.1. The third-order valence-corrected chi connectivity index (χ3v) is 2.74. The standard InChI is InChI=1S/C10H14INO2/c1-6(13)10(12)8-5-7(11)3-4-9(8)14-2/h3-6,10,13H,12H2,1-2H3/t6-,10-/m1/s1. The lowest BCUT2D eigenvalue weighted by molar-refractivity contribution is 0.162. The summed E-state index contributed by atoms with van der Waals surface area (Å²) in [7, 11) is 1.60. The first-order valence-electron chi connectivity index (χ1n) is 4.33. The zero-order valence-corrected chi connectivity index (χ0v) is 10.4. The molecule has 0 spiro atoms. The fraction of sp³-hybridized carbons (Fsp3) is 0.400. The summed E-state index contributed by atoms with van der Waals surface area (Å²) in [6.07, 6.45) is -0.581. The van der Waals surface area contributed by atoms with E-state index < -0.39 is 12.1 Å². The molecule has 0 fully saturated rings. The molecule has 0 amide bonds. The third kappa shape index (κ3) is 2.59. The molecule has 0 aliphatic heterocycles. The minimum absolute atomic E-state index is 0.403. The van der Waals surface area contributed by atoms with Crippen molar-refractivity contribution in [1.82, 2.24) is 0 Å². The molecule has 1 aromatic rings. The zero-order valence-electron chi connectivity index (χ0n) is 8.20. The monoisotopic (exact) mass is 307 g/mol. The number of hydrogen-bond donors (Lipinski definition) is 2. The molecule has 0 heterocycles. The van der Waals surface area contributed by atoms with Gasteiger partial charge in [-0.2, -0.15) is 0 Å². The normalized spacial score (nSPS) is 14.9. The first kappa shape index (κ1) is 11.7. The number of benzene rings is 1. The summed E-state index contributed by atoms with van der Waals surface area (Å²) in [4.78, 5) is 0. The lowest BCUT2D eigenvalue weighted by atomic mass is 10.0. The summed E-state index contributed by atoms with van der Waals surface area (Å²) >= 11 is 2.20. The van der Waals surface area contributed by atoms with E-state index >= 15 is 0 Å². The van der Waals surface area contributed by atoms with Crippen molar-refractivity contribution in [3.63, 3.8) is 0 Å². The fourth-order valence-electron chi connectivity index (χ4n) is 1.23. The van der Waals surface area contributed by atoms with Crippen molar-refractivity contribution in [2.45, 2.75) is 19.1 Å². The first-order valence-corrected chi connectivity index (χ1v) is 5.41. The third-order valence-electron chi connectivity index (χ3n) is 2.07. The van der Waals surface area contributed by atoms with Crippen LogP contribution in [-0.4, -0.2) is 18.3 Å². The SMILES string of the molecule is COc1ccc(I)cc1[C@H](N)[C@@H](C)O. The number of nitrogens with two attached hydrogens (primary N) is 1. The lowest BCUT2D eigenvalue weighted by Gasteiger charge is -2.18. The largest absolute Gasteiger partial charge is 0.496 e. The predicted octanol–water partition coefficient (Wildman–Crippen LogP) is 1.68. The van der Waals surface area contributed by atoms with Gasteiger partial charge < -0.3 is 15.6 Å². The highest BCUT2D eigenvalue weighted by atomic mass is 127. The van der Waals surface area contributed by atoms with Crippen molar-refractivity contribution in [2.75, 3.05) is 7.11 Å². The van der Waals surface area contributed by atoms with E-state index in [-0.39, 0.29) is 0 Å². The van der Waals surface area contributed by atoms with Crippen molar-refractivity contribution >= 4 is 22.6 Å². The first-order chi connectivity index (χ1) is 6.56. The van der Waals surface area contributed by atoms with E-state index in [1.807, 2.05) is 18.2 Å². The van der Waals surface area contributed by atoms with Crippen molar-refractivity contribution in [1.29, 1.82) is 0 Å². The van der Waals surface area contributed by atoms with Crippen LogP contribution < -0.4 is 10.5 Å². The molecule has 3 nitrogen and oxygen atoms in total. The van der Waals surface area contributed by atoms with Crippen LogP contribution in [0, 0.1) is 3.57 Å². The topological polar surface area (TPSA) is 55.5 Å². The van der Waals surface area contributed by atoms with Crippen LogP contribution >= 0.6 is 22.6 Å². The molecule has 0 radical (unpaired) electrons. The molecule has 0 saturated heterocycles. The van der Waals surface area contributed by atoms with Gasteiger partial charge in [-0.25, -0.2) is 0 Å². The Morgan fingerprint density at radius 2 is 2.14 bits per heavy atom. The van der Waals surface area contributed by atoms with Gasteiger partial charge in [-0.15, -0.1) is 0 Å². The van der Waals surface area contributed by atoms with Crippen LogP contribution in [0.3, 0.4) is 0 Å². The van der Waals surface area contributed by atoms with E-state index in [4.69, 9.17) is 10.5 Å². The second kappa shape index (κ2) is 4.95. The molecule has 0 aliphatic rings. The Morgan fingerprint density at radius 1 is 1.50 bits per heavy atom. The number of ether oxygens (including phenoxy) is 1. The maximum absolute atomic E-state index is 9.40. The molecule has 1 rings (SSSR count). The number of aliphatic hydroxyl groups is 1. The smallest absolute Gasteiger partial charge is 0.123 e. The Kier molecular flexibility index (Phi) is 4.15. The predicted molar refractivity (Wildman–Crippen MR) is 64.3 cm³/mol. The molecule has 4 heteroatoms. The molecular weight excluding hydrogens is 293 g/mol. The lowest BCUT2D eigenvalue weighted by Crippen LogP contribution is -2.23. The highest BCUT2D eigenvalue weighted by Gasteiger charge is 2.16. The molecule has 1 aromatic carbocycles. The van der Waals surface area contributed by atoms with Gasteiger partial charge in [0.15, 0.2) is 0 Å². The molecule has 2 atom stereocenters. The van der Waals surface area contributed by atoms with Gasteiger partial charge in [-0.05, 0) is 47.7 Å². The van der Waals surface area contributed by atoms with E-state index in [0.717, 1.165) is 14.9 Å². The Labute approximate surface area is 97.4 Å². The maximum atomic E-state index is 9.40. The summed E-state index contributed by atoms with van der Waals surface area (Å²) in [5.74, 6) is 0.721. The molecule has 3 N–H and O–H groups in total. The molecule has 0 aliphatic carbocycles. The zero-order chi connectivity index (χ0) is 10.7. The van der Waals surface area contributed by atoms with Gasteiger partial charge in [0, 0.05) is 9.13 Å². The van der Waals surface area contributed by atoms with Crippen LogP contribution in [0.25, 0.3) is 0 Å². The molecule has 0 saturated carbocycles. The van der Waals surface area contributed by atoms with Gasteiger partial charge in [0.1, 0.15) is 5.75 Å². The molecule has 78 valence electrons. The summed E-state index contributed by atoms with van der Waals surface area (Å²) in [5, 5.41) is 9.40. The molecule has 0 unspecified atom stereocenters. The summed E-state index contributed by atoms with van der Waals surface area (Å²) in [5.41, 5.74) is 6.69. The Hall–Kier alpha value is -0.330. The van der Waals surface area contributed by atoms with E-state index in [0.29, 0.717) is 0 Å². The minimum Gasteiger partial charge on any atom is -0.496 e. The van der Waals surface area contributed by atoms with Crippen LogP contribution in [0.1, 0.15) is 18.5 Å².